The molecule has 0 radical (unpaired) electrons. The van der Waals surface area contributed by atoms with Gasteiger partial charge in [-0.1, -0.05) is 30.3 Å². The smallest absolute Gasteiger partial charge is 0.191 e. The minimum Gasteiger partial charge on any atom is -0.381 e. The van der Waals surface area contributed by atoms with Crippen molar-refractivity contribution in [3.8, 4) is 0 Å². The van der Waals surface area contributed by atoms with Crippen molar-refractivity contribution in [3.05, 3.63) is 35.9 Å². The molecule has 1 heterocycles. The fourth-order valence-corrected chi connectivity index (χ4v) is 2.70. The monoisotopic (exact) mass is 319 g/mol. The maximum Gasteiger partial charge on any atom is 0.191 e. The first-order valence-corrected chi connectivity index (χ1v) is 8.47. The van der Waals surface area contributed by atoms with E-state index >= 15 is 0 Å². The number of ether oxygens (including phenoxy) is 2. The lowest BCUT2D eigenvalue weighted by molar-refractivity contribution is -0.0828. The van der Waals surface area contributed by atoms with E-state index in [4.69, 9.17) is 14.5 Å². The van der Waals surface area contributed by atoms with Crippen molar-refractivity contribution >= 4 is 5.96 Å². The summed E-state index contributed by atoms with van der Waals surface area (Å²) in [6.07, 6.45) is 2.78. The highest BCUT2D eigenvalue weighted by Gasteiger charge is 2.32. The Kier molecular flexibility index (Phi) is 7.36. The van der Waals surface area contributed by atoms with Gasteiger partial charge >= 0.3 is 0 Å². The van der Waals surface area contributed by atoms with Gasteiger partial charge in [-0.2, -0.15) is 0 Å². The molecule has 5 nitrogen and oxygen atoms in total. The van der Waals surface area contributed by atoms with E-state index in [-0.39, 0.29) is 5.60 Å². The summed E-state index contributed by atoms with van der Waals surface area (Å²) in [6, 6.07) is 10.5. The minimum atomic E-state index is -0.181. The van der Waals surface area contributed by atoms with Gasteiger partial charge in [-0.3, -0.25) is 4.99 Å². The van der Waals surface area contributed by atoms with Crippen molar-refractivity contribution in [1.82, 2.24) is 10.6 Å². The van der Waals surface area contributed by atoms with Crippen LogP contribution in [0, 0.1) is 0 Å². The number of benzene rings is 1. The van der Waals surface area contributed by atoms with Crippen molar-refractivity contribution in [2.45, 2.75) is 31.8 Å². The molecule has 0 spiro atoms. The van der Waals surface area contributed by atoms with Gasteiger partial charge in [0, 0.05) is 46.3 Å². The first-order chi connectivity index (χ1) is 11.3. The molecular formula is C18H29N3O2. The summed E-state index contributed by atoms with van der Waals surface area (Å²) in [4.78, 5) is 4.73. The highest BCUT2D eigenvalue weighted by molar-refractivity contribution is 5.79. The Morgan fingerprint density at radius 3 is 2.61 bits per heavy atom. The zero-order chi connectivity index (χ0) is 16.4. The van der Waals surface area contributed by atoms with Gasteiger partial charge in [-0.25, -0.2) is 0 Å². The van der Waals surface area contributed by atoms with Crippen LogP contribution in [0.15, 0.2) is 35.3 Å². The predicted octanol–water partition coefficient (Wildman–Crippen LogP) is 1.98. The third-order valence-electron chi connectivity index (χ3n) is 4.26. The van der Waals surface area contributed by atoms with E-state index < -0.39 is 0 Å². The number of hydrogen-bond donors (Lipinski definition) is 2. The molecule has 2 rings (SSSR count). The molecule has 128 valence electrons. The molecule has 2 N–H and O–H groups in total. The SMILES string of the molecule is CCNC(=NCC1(OC)CCOCC1)NCCc1ccccc1. The first-order valence-electron chi connectivity index (χ1n) is 8.47. The molecule has 0 bridgehead atoms. The standard InChI is InChI=1S/C18H29N3O2/c1-3-19-17(20-12-9-16-7-5-4-6-8-16)21-15-18(22-2)10-13-23-14-11-18/h4-8H,3,9-15H2,1-2H3,(H2,19,20,21). The van der Waals surface area contributed by atoms with Gasteiger partial charge in [0.15, 0.2) is 5.96 Å². The minimum absolute atomic E-state index is 0.181. The Morgan fingerprint density at radius 1 is 1.22 bits per heavy atom. The molecule has 1 fully saturated rings. The summed E-state index contributed by atoms with van der Waals surface area (Å²) in [5, 5.41) is 6.70. The average molecular weight is 319 g/mol. The third-order valence-corrected chi connectivity index (χ3v) is 4.26. The van der Waals surface area contributed by atoms with Crippen LogP contribution in [0.25, 0.3) is 0 Å². The van der Waals surface area contributed by atoms with Gasteiger partial charge in [0.2, 0.25) is 0 Å². The van der Waals surface area contributed by atoms with Gasteiger partial charge in [0.1, 0.15) is 0 Å². The van der Waals surface area contributed by atoms with E-state index in [0.29, 0.717) is 6.54 Å². The lowest BCUT2D eigenvalue weighted by Gasteiger charge is -2.34. The van der Waals surface area contributed by atoms with Crippen molar-refractivity contribution < 1.29 is 9.47 Å². The van der Waals surface area contributed by atoms with Crippen LogP contribution in [0.5, 0.6) is 0 Å². The Hall–Kier alpha value is -1.59. The van der Waals surface area contributed by atoms with E-state index in [2.05, 4.69) is 41.8 Å². The van der Waals surface area contributed by atoms with Crippen molar-refractivity contribution in [1.29, 1.82) is 0 Å². The zero-order valence-electron chi connectivity index (χ0n) is 14.3. The van der Waals surface area contributed by atoms with Gasteiger partial charge in [0.25, 0.3) is 0 Å². The normalized spacial score (nSPS) is 17.7. The molecule has 1 saturated heterocycles. The molecule has 0 aromatic heterocycles. The summed E-state index contributed by atoms with van der Waals surface area (Å²) in [5.74, 6) is 0.853. The molecule has 5 heteroatoms. The number of nitrogens with one attached hydrogen (secondary N) is 2. The number of rotatable bonds is 7. The molecular weight excluding hydrogens is 290 g/mol. The summed E-state index contributed by atoms with van der Waals surface area (Å²) in [5.41, 5.74) is 1.15. The number of guanidine groups is 1. The maximum atomic E-state index is 5.74. The highest BCUT2D eigenvalue weighted by Crippen LogP contribution is 2.24. The van der Waals surface area contributed by atoms with E-state index in [0.717, 1.165) is 51.5 Å². The van der Waals surface area contributed by atoms with Gasteiger partial charge < -0.3 is 20.1 Å². The lowest BCUT2D eigenvalue weighted by atomic mass is 9.94. The fraction of sp³-hybridized carbons (Fsp3) is 0.611. The second-order valence-corrected chi connectivity index (χ2v) is 5.86. The Balaban J connectivity index is 1.86. The molecule has 0 atom stereocenters. The predicted molar refractivity (Wildman–Crippen MR) is 93.9 cm³/mol. The van der Waals surface area contributed by atoms with Gasteiger partial charge in [-0.05, 0) is 18.9 Å². The van der Waals surface area contributed by atoms with Crippen LogP contribution in [0.1, 0.15) is 25.3 Å². The number of nitrogens with zero attached hydrogens (tertiary/aromatic N) is 1. The Labute approximate surface area is 139 Å². The number of hydrogen-bond acceptors (Lipinski definition) is 3. The molecule has 0 amide bonds. The molecule has 1 aliphatic heterocycles. The molecule has 1 aromatic carbocycles. The van der Waals surface area contributed by atoms with Crippen LogP contribution in [0.4, 0.5) is 0 Å². The second kappa shape index (κ2) is 9.53. The summed E-state index contributed by atoms with van der Waals surface area (Å²) in [6.45, 7) is 5.95. The molecule has 23 heavy (non-hydrogen) atoms. The number of aliphatic imine (C=N–C) groups is 1. The molecule has 1 aliphatic rings. The Morgan fingerprint density at radius 2 is 1.96 bits per heavy atom. The highest BCUT2D eigenvalue weighted by atomic mass is 16.5. The summed E-state index contributed by atoms with van der Waals surface area (Å²) < 4.78 is 11.2. The fourth-order valence-electron chi connectivity index (χ4n) is 2.70. The molecule has 0 unspecified atom stereocenters. The van der Waals surface area contributed by atoms with Crippen LogP contribution in [0.3, 0.4) is 0 Å². The quantitative estimate of drug-likeness (QED) is 0.596. The van der Waals surface area contributed by atoms with Gasteiger partial charge in [-0.15, -0.1) is 0 Å². The summed E-state index contributed by atoms with van der Waals surface area (Å²) >= 11 is 0. The molecule has 1 aromatic rings. The van der Waals surface area contributed by atoms with Gasteiger partial charge in [0.05, 0.1) is 12.1 Å². The van der Waals surface area contributed by atoms with E-state index in [1.54, 1.807) is 7.11 Å². The van der Waals surface area contributed by atoms with Crippen LogP contribution < -0.4 is 10.6 Å². The van der Waals surface area contributed by atoms with E-state index in [1.165, 1.54) is 5.56 Å². The number of methoxy groups -OCH3 is 1. The Bertz CT molecular complexity index is 470. The first kappa shape index (κ1) is 17.8. The molecule has 0 aliphatic carbocycles. The third kappa shape index (κ3) is 5.84. The van der Waals surface area contributed by atoms with Crippen molar-refractivity contribution in [2.75, 3.05) is 40.0 Å². The van der Waals surface area contributed by atoms with Crippen LogP contribution >= 0.6 is 0 Å². The van der Waals surface area contributed by atoms with Crippen molar-refractivity contribution in [2.24, 2.45) is 4.99 Å². The average Bonchev–Trinajstić information content (AvgIpc) is 2.61. The van der Waals surface area contributed by atoms with E-state index in [9.17, 15) is 0 Å². The van der Waals surface area contributed by atoms with Crippen LogP contribution in [0.2, 0.25) is 0 Å². The van der Waals surface area contributed by atoms with E-state index in [1.807, 2.05) is 6.07 Å². The van der Waals surface area contributed by atoms with Crippen LogP contribution in [-0.2, 0) is 15.9 Å². The summed E-state index contributed by atoms with van der Waals surface area (Å²) in [7, 11) is 1.77. The maximum absolute atomic E-state index is 5.74. The van der Waals surface area contributed by atoms with Crippen molar-refractivity contribution in [3.63, 3.8) is 0 Å². The topological polar surface area (TPSA) is 54.9 Å². The molecule has 0 saturated carbocycles. The largest absolute Gasteiger partial charge is 0.381 e. The second-order valence-electron chi connectivity index (χ2n) is 5.86. The lowest BCUT2D eigenvalue weighted by Crippen LogP contribution is -2.44. The van der Waals surface area contributed by atoms with Crippen LogP contribution in [-0.4, -0.2) is 51.5 Å². The zero-order valence-corrected chi connectivity index (χ0v) is 14.3.